The maximum Gasteiger partial charge on any atom is 0.250 e. The van der Waals surface area contributed by atoms with Gasteiger partial charge in [-0.1, -0.05) is 15.9 Å². The summed E-state index contributed by atoms with van der Waals surface area (Å²) in [6.07, 6.45) is 0. The zero-order chi connectivity index (χ0) is 12.0. The molecule has 4 nitrogen and oxygen atoms in total. The molecule has 0 aliphatic heterocycles. The fourth-order valence-electron chi connectivity index (χ4n) is 1.16. The summed E-state index contributed by atoms with van der Waals surface area (Å²) in [4.78, 5) is 11.4. The van der Waals surface area contributed by atoms with Gasteiger partial charge in [0, 0.05) is 11.1 Å². The maximum atomic E-state index is 11.4. The molecule has 0 bridgehead atoms. The molecule has 0 saturated carbocycles. The number of methoxy groups -OCH3 is 1. The van der Waals surface area contributed by atoms with Gasteiger partial charge in [-0.05, 0) is 25.1 Å². The molecule has 0 spiro atoms. The molecule has 16 heavy (non-hydrogen) atoms. The van der Waals surface area contributed by atoms with E-state index in [0.717, 1.165) is 4.47 Å². The molecule has 0 radical (unpaired) electrons. The van der Waals surface area contributed by atoms with E-state index in [0.29, 0.717) is 18.0 Å². The average molecular weight is 288 g/mol. The minimum Gasteiger partial charge on any atom is -0.495 e. The number of benzene rings is 1. The summed E-state index contributed by atoms with van der Waals surface area (Å²) in [7, 11) is 1.56. The molecule has 1 aromatic carbocycles. The fourth-order valence-corrected chi connectivity index (χ4v) is 1.52. The van der Waals surface area contributed by atoms with E-state index in [4.69, 9.17) is 9.47 Å². The Morgan fingerprint density at radius 3 is 2.88 bits per heavy atom. The molecule has 1 rings (SSSR count). The number of halogens is 1. The van der Waals surface area contributed by atoms with Gasteiger partial charge in [0.05, 0.1) is 12.8 Å². The summed E-state index contributed by atoms with van der Waals surface area (Å²) in [6.45, 7) is 2.40. The van der Waals surface area contributed by atoms with Crippen LogP contribution >= 0.6 is 15.9 Å². The van der Waals surface area contributed by atoms with Gasteiger partial charge in [0.15, 0.2) is 0 Å². The lowest BCUT2D eigenvalue weighted by molar-refractivity contribution is -0.120. The monoisotopic (exact) mass is 287 g/mol. The van der Waals surface area contributed by atoms with Crippen molar-refractivity contribution in [1.82, 2.24) is 0 Å². The Morgan fingerprint density at radius 1 is 1.50 bits per heavy atom. The molecule has 88 valence electrons. The van der Waals surface area contributed by atoms with Crippen LogP contribution in [-0.2, 0) is 9.53 Å². The molecule has 1 aromatic rings. The molecule has 1 amide bonds. The summed E-state index contributed by atoms with van der Waals surface area (Å²) in [5, 5.41) is 2.72. The van der Waals surface area contributed by atoms with Crippen molar-refractivity contribution in [2.75, 3.05) is 25.6 Å². The summed E-state index contributed by atoms with van der Waals surface area (Å²) < 4.78 is 11.0. The van der Waals surface area contributed by atoms with Crippen LogP contribution in [0, 0.1) is 0 Å². The van der Waals surface area contributed by atoms with Gasteiger partial charge in [0.2, 0.25) is 5.91 Å². The minimum atomic E-state index is -0.196. The van der Waals surface area contributed by atoms with Gasteiger partial charge in [0.1, 0.15) is 12.4 Å². The standard InChI is InChI=1S/C11H14BrNO3/c1-3-16-7-11(14)13-9-6-8(12)4-5-10(9)15-2/h4-6H,3,7H2,1-2H3,(H,13,14). The molecule has 1 N–H and O–H groups in total. The number of amides is 1. The summed E-state index contributed by atoms with van der Waals surface area (Å²) in [5.74, 6) is 0.422. The number of hydrogen-bond donors (Lipinski definition) is 1. The first-order valence-corrected chi connectivity index (χ1v) is 5.67. The van der Waals surface area contributed by atoms with Crippen LogP contribution in [0.15, 0.2) is 22.7 Å². The predicted molar refractivity (Wildman–Crippen MR) is 65.8 cm³/mol. The molecule has 0 heterocycles. The first-order chi connectivity index (χ1) is 7.67. The Morgan fingerprint density at radius 2 is 2.25 bits per heavy atom. The van der Waals surface area contributed by atoms with E-state index in [2.05, 4.69) is 21.2 Å². The normalized spacial score (nSPS) is 9.94. The number of rotatable bonds is 5. The molecule has 0 aliphatic rings. The third kappa shape index (κ3) is 3.83. The van der Waals surface area contributed by atoms with Gasteiger partial charge in [-0.2, -0.15) is 0 Å². The quantitative estimate of drug-likeness (QED) is 0.905. The minimum absolute atomic E-state index is 0.0478. The first-order valence-electron chi connectivity index (χ1n) is 4.88. The lowest BCUT2D eigenvalue weighted by atomic mass is 10.3. The molecule has 5 heteroatoms. The number of hydrogen-bond acceptors (Lipinski definition) is 3. The van der Waals surface area contributed by atoms with Crippen molar-refractivity contribution in [1.29, 1.82) is 0 Å². The van der Waals surface area contributed by atoms with Crippen molar-refractivity contribution in [3.05, 3.63) is 22.7 Å². The fraction of sp³-hybridized carbons (Fsp3) is 0.364. The lowest BCUT2D eigenvalue weighted by Crippen LogP contribution is -2.18. The van der Waals surface area contributed by atoms with E-state index in [1.807, 2.05) is 13.0 Å². The van der Waals surface area contributed by atoms with Crippen molar-refractivity contribution in [2.24, 2.45) is 0 Å². The Hall–Kier alpha value is -1.07. The van der Waals surface area contributed by atoms with Crippen LogP contribution in [-0.4, -0.2) is 26.2 Å². The van der Waals surface area contributed by atoms with E-state index in [1.165, 1.54) is 0 Å². The molecule has 0 aromatic heterocycles. The van der Waals surface area contributed by atoms with Gasteiger partial charge >= 0.3 is 0 Å². The predicted octanol–water partition coefficient (Wildman–Crippen LogP) is 2.43. The second-order valence-corrected chi connectivity index (χ2v) is 3.95. The van der Waals surface area contributed by atoms with Crippen LogP contribution in [0.3, 0.4) is 0 Å². The van der Waals surface area contributed by atoms with Gasteiger partial charge in [-0.25, -0.2) is 0 Å². The van der Waals surface area contributed by atoms with Crippen LogP contribution in [0.25, 0.3) is 0 Å². The zero-order valence-electron chi connectivity index (χ0n) is 9.25. The Bertz CT molecular complexity index is 368. The highest BCUT2D eigenvalue weighted by Gasteiger charge is 2.07. The lowest BCUT2D eigenvalue weighted by Gasteiger charge is -2.10. The molecule has 0 aliphatic carbocycles. The second-order valence-electron chi connectivity index (χ2n) is 3.03. The van der Waals surface area contributed by atoms with Crippen molar-refractivity contribution in [3.8, 4) is 5.75 Å². The van der Waals surface area contributed by atoms with Crippen molar-refractivity contribution in [2.45, 2.75) is 6.92 Å². The third-order valence-corrected chi connectivity index (χ3v) is 2.37. The Balaban J connectivity index is 2.71. The molecular weight excluding hydrogens is 274 g/mol. The highest BCUT2D eigenvalue weighted by atomic mass is 79.9. The number of ether oxygens (including phenoxy) is 2. The van der Waals surface area contributed by atoms with Crippen LogP contribution in [0.5, 0.6) is 5.75 Å². The van der Waals surface area contributed by atoms with Gasteiger partial charge in [0.25, 0.3) is 0 Å². The summed E-state index contributed by atoms with van der Waals surface area (Å²) >= 11 is 3.33. The van der Waals surface area contributed by atoms with Crippen LogP contribution in [0.1, 0.15) is 6.92 Å². The average Bonchev–Trinajstić information content (AvgIpc) is 2.27. The second kappa shape index (κ2) is 6.50. The van der Waals surface area contributed by atoms with Gasteiger partial charge < -0.3 is 14.8 Å². The molecule has 0 saturated heterocycles. The Labute approximate surface area is 103 Å². The van der Waals surface area contributed by atoms with E-state index >= 15 is 0 Å². The molecule has 0 unspecified atom stereocenters. The van der Waals surface area contributed by atoms with Crippen LogP contribution in [0.4, 0.5) is 5.69 Å². The van der Waals surface area contributed by atoms with Gasteiger partial charge in [-0.15, -0.1) is 0 Å². The Kier molecular flexibility index (Phi) is 5.28. The largest absolute Gasteiger partial charge is 0.495 e. The first kappa shape index (κ1) is 13.0. The highest BCUT2D eigenvalue weighted by molar-refractivity contribution is 9.10. The third-order valence-electron chi connectivity index (χ3n) is 1.87. The summed E-state index contributed by atoms with van der Waals surface area (Å²) in [5.41, 5.74) is 0.626. The van der Waals surface area contributed by atoms with Crippen LogP contribution in [0.2, 0.25) is 0 Å². The highest BCUT2D eigenvalue weighted by Crippen LogP contribution is 2.27. The molecular formula is C11H14BrNO3. The number of anilines is 1. The van der Waals surface area contributed by atoms with Crippen molar-refractivity contribution >= 4 is 27.5 Å². The van der Waals surface area contributed by atoms with E-state index in [9.17, 15) is 4.79 Å². The number of carbonyl (C=O) groups is 1. The van der Waals surface area contributed by atoms with Gasteiger partial charge in [-0.3, -0.25) is 4.79 Å². The van der Waals surface area contributed by atoms with Crippen LogP contribution < -0.4 is 10.1 Å². The molecule has 0 fully saturated rings. The van der Waals surface area contributed by atoms with E-state index in [1.54, 1.807) is 19.2 Å². The SMILES string of the molecule is CCOCC(=O)Nc1cc(Br)ccc1OC. The van der Waals surface area contributed by atoms with E-state index < -0.39 is 0 Å². The van der Waals surface area contributed by atoms with Crippen molar-refractivity contribution < 1.29 is 14.3 Å². The molecule has 0 atom stereocenters. The van der Waals surface area contributed by atoms with Crippen molar-refractivity contribution in [3.63, 3.8) is 0 Å². The number of carbonyl (C=O) groups excluding carboxylic acids is 1. The summed E-state index contributed by atoms with van der Waals surface area (Å²) in [6, 6.07) is 5.40. The maximum absolute atomic E-state index is 11.4. The number of nitrogens with one attached hydrogen (secondary N) is 1. The van der Waals surface area contributed by atoms with E-state index in [-0.39, 0.29) is 12.5 Å². The smallest absolute Gasteiger partial charge is 0.250 e. The topological polar surface area (TPSA) is 47.6 Å². The zero-order valence-corrected chi connectivity index (χ0v) is 10.8.